The molecule has 0 fully saturated rings. The molecule has 2 aromatic heterocycles. The van der Waals surface area contributed by atoms with Gasteiger partial charge in [0, 0.05) is 13.0 Å². The standard InChI is InChI=1S/C9H10FN5O/c1-6-8(10)9(14-4-12-6)11-3-2-7-13-5-15-16-7/h4-5H,2-3H2,1H3,(H,11,12,14). The molecule has 0 spiro atoms. The number of aryl methyl sites for hydroxylation is 1. The number of hydrogen-bond acceptors (Lipinski definition) is 6. The molecule has 6 nitrogen and oxygen atoms in total. The number of anilines is 1. The van der Waals surface area contributed by atoms with Crippen LogP contribution in [-0.2, 0) is 6.42 Å². The molecule has 0 saturated heterocycles. The van der Waals surface area contributed by atoms with Gasteiger partial charge in [0.1, 0.15) is 6.33 Å². The number of hydrogen-bond donors (Lipinski definition) is 1. The number of nitrogens with one attached hydrogen (secondary N) is 1. The Bertz CT molecular complexity index is 459. The second-order valence-corrected chi connectivity index (χ2v) is 3.13. The molecule has 0 amide bonds. The highest BCUT2D eigenvalue weighted by Gasteiger charge is 2.07. The maximum atomic E-state index is 13.4. The predicted molar refractivity (Wildman–Crippen MR) is 53.2 cm³/mol. The molecule has 1 N–H and O–H groups in total. The lowest BCUT2D eigenvalue weighted by Crippen LogP contribution is -2.09. The SMILES string of the molecule is Cc1ncnc(NCCc2ncno2)c1F. The molecule has 0 bridgehead atoms. The highest BCUT2D eigenvalue weighted by Crippen LogP contribution is 2.11. The average molecular weight is 223 g/mol. The number of rotatable bonds is 4. The van der Waals surface area contributed by atoms with Gasteiger partial charge in [-0.15, -0.1) is 0 Å². The van der Waals surface area contributed by atoms with Crippen LogP contribution in [0, 0.1) is 12.7 Å². The summed E-state index contributed by atoms with van der Waals surface area (Å²) in [6.07, 6.45) is 3.15. The number of nitrogens with zero attached hydrogens (tertiary/aromatic N) is 4. The van der Waals surface area contributed by atoms with E-state index in [9.17, 15) is 4.39 Å². The maximum absolute atomic E-state index is 13.4. The topological polar surface area (TPSA) is 76.7 Å². The van der Waals surface area contributed by atoms with Crippen LogP contribution in [0.15, 0.2) is 17.2 Å². The third-order valence-corrected chi connectivity index (χ3v) is 2.00. The van der Waals surface area contributed by atoms with Gasteiger partial charge in [-0.05, 0) is 6.92 Å². The summed E-state index contributed by atoms with van der Waals surface area (Å²) >= 11 is 0. The monoisotopic (exact) mass is 223 g/mol. The Morgan fingerprint density at radius 2 is 2.19 bits per heavy atom. The molecule has 0 saturated carbocycles. The minimum atomic E-state index is -0.437. The van der Waals surface area contributed by atoms with E-state index in [1.165, 1.54) is 12.7 Å². The Labute approximate surface area is 90.9 Å². The number of halogens is 1. The van der Waals surface area contributed by atoms with E-state index < -0.39 is 5.82 Å². The van der Waals surface area contributed by atoms with Gasteiger partial charge in [-0.2, -0.15) is 4.98 Å². The first-order chi connectivity index (χ1) is 7.77. The zero-order valence-corrected chi connectivity index (χ0v) is 8.64. The van der Waals surface area contributed by atoms with E-state index in [1.54, 1.807) is 6.92 Å². The lowest BCUT2D eigenvalue weighted by Gasteiger charge is -2.05. The summed E-state index contributed by atoms with van der Waals surface area (Å²) in [4.78, 5) is 11.4. The Kier molecular flexibility index (Phi) is 3.04. The number of aromatic nitrogens is 4. The quantitative estimate of drug-likeness (QED) is 0.831. The van der Waals surface area contributed by atoms with Gasteiger partial charge in [0.2, 0.25) is 5.89 Å². The van der Waals surface area contributed by atoms with E-state index in [0.717, 1.165) is 0 Å². The first kappa shape index (κ1) is 10.5. The van der Waals surface area contributed by atoms with Crippen molar-refractivity contribution < 1.29 is 8.91 Å². The molecule has 2 heterocycles. The van der Waals surface area contributed by atoms with E-state index in [-0.39, 0.29) is 5.82 Å². The fourth-order valence-corrected chi connectivity index (χ4v) is 1.18. The van der Waals surface area contributed by atoms with Gasteiger partial charge in [0.25, 0.3) is 0 Å². The van der Waals surface area contributed by atoms with Crippen LogP contribution in [0.3, 0.4) is 0 Å². The fourth-order valence-electron chi connectivity index (χ4n) is 1.18. The molecule has 0 atom stereocenters. The van der Waals surface area contributed by atoms with E-state index in [2.05, 4.69) is 25.4 Å². The van der Waals surface area contributed by atoms with Crippen LogP contribution in [0.2, 0.25) is 0 Å². The zero-order valence-electron chi connectivity index (χ0n) is 8.64. The molecule has 0 radical (unpaired) electrons. The van der Waals surface area contributed by atoms with Crippen LogP contribution in [0.25, 0.3) is 0 Å². The van der Waals surface area contributed by atoms with Crippen molar-refractivity contribution in [3.8, 4) is 0 Å². The summed E-state index contributed by atoms with van der Waals surface area (Å²) in [5.41, 5.74) is 0.315. The van der Waals surface area contributed by atoms with Crippen LogP contribution < -0.4 is 5.32 Å². The van der Waals surface area contributed by atoms with Crippen LogP contribution >= 0.6 is 0 Å². The molecular formula is C9H10FN5O. The molecule has 0 unspecified atom stereocenters. The molecule has 2 rings (SSSR count). The Morgan fingerprint density at radius 3 is 2.94 bits per heavy atom. The molecule has 0 aliphatic carbocycles. The normalized spacial score (nSPS) is 10.4. The molecule has 0 aromatic carbocycles. The smallest absolute Gasteiger partial charge is 0.228 e. The van der Waals surface area contributed by atoms with Crippen molar-refractivity contribution in [2.75, 3.05) is 11.9 Å². The minimum Gasteiger partial charge on any atom is -0.367 e. The largest absolute Gasteiger partial charge is 0.367 e. The van der Waals surface area contributed by atoms with Gasteiger partial charge in [0.05, 0.1) is 5.69 Å². The van der Waals surface area contributed by atoms with E-state index in [4.69, 9.17) is 4.52 Å². The fraction of sp³-hybridized carbons (Fsp3) is 0.333. The summed E-state index contributed by atoms with van der Waals surface area (Å²) < 4.78 is 18.2. The zero-order chi connectivity index (χ0) is 11.4. The predicted octanol–water partition coefficient (Wildman–Crippen LogP) is 0.962. The van der Waals surface area contributed by atoms with Crippen molar-refractivity contribution in [2.45, 2.75) is 13.3 Å². The Morgan fingerprint density at radius 1 is 1.31 bits per heavy atom. The van der Waals surface area contributed by atoms with E-state index >= 15 is 0 Å². The van der Waals surface area contributed by atoms with Gasteiger partial charge in [-0.25, -0.2) is 14.4 Å². The molecular weight excluding hydrogens is 213 g/mol. The second kappa shape index (κ2) is 4.65. The first-order valence-electron chi connectivity index (χ1n) is 4.74. The van der Waals surface area contributed by atoms with Crippen LogP contribution in [0.1, 0.15) is 11.6 Å². The third-order valence-electron chi connectivity index (χ3n) is 2.00. The molecule has 0 aliphatic rings. The van der Waals surface area contributed by atoms with Gasteiger partial charge in [-0.3, -0.25) is 0 Å². The Balaban J connectivity index is 1.92. The first-order valence-corrected chi connectivity index (χ1v) is 4.74. The van der Waals surface area contributed by atoms with Crippen molar-refractivity contribution in [2.24, 2.45) is 0 Å². The molecule has 2 aromatic rings. The lowest BCUT2D eigenvalue weighted by molar-refractivity contribution is 0.379. The van der Waals surface area contributed by atoms with E-state index in [0.29, 0.717) is 24.6 Å². The summed E-state index contributed by atoms with van der Waals surface area (Å²) in [7, 11) is 0. The molecule has 7 heteroatoms. The van der Waals surface area contributed by atoms with Crippen molar-refractivity contribution in [1.29, 1.82) is 0 Å². The van der Waals surface area contributed by atoms with Gasteiger partial charge in [-0.1, -0.05) is 5.16 Å². The molecule has 16 heavy (non-hydrogen) atoms. The highest BCUT2D eigenvalue weighted by atomic mass is 19.1. The van der Waals surface area contributed by atoms with Crippen molar-refractivity contribution in [3.63, 3.8) is 0 Å². The Hall–Kier alpha value is -2.05. The summed E-state index contributed by atoms with van der Waals surface area (Å²) in [5, 5.41) is 6.30. The van der Waals surface area contributed by atoms with Crippen molar-refractivity contribution in [3.05, 3.63) is 30.1 Å². The summed E-state index contributed by atoms with van der Waals surface area (Å²) in [6.45, 7) is 2.05. The van der Waals surface area contributed by atoms with E-state index in [1.807, 2.05) is 0 Å². The summed E-state index contributed by atoms with van der Waals surface area (Å²) in [6, 6.07) is 0. The molecule has 0 aliphatic heterocycles. The van der Waals surface area contributed by atoms with Crippen molar-refractivity contribution >= 4 is 5.82 Å². The molecule has 84 valence electrons. The average Bonchev–Trinajstić information content (AvgIpc) is 2.77. The van der Waals surface area contributed by atoms with Crippen LogP contribution in [0.5, 0.6) is 0 Å². The third kappa shape index (κ3) is 2.30. The summed E-state index contributed by atoms with van der Waals surface area (Å²) in [5.74, 6) is 0.249. The van der Waals surface area contributed by atoms with Crippen LogP contribution in [-0.4, -0.2) is 26.7 Å². The van der Waals surface area contributed by atoms with Gasteiger partial charge >= 0.3 is 0 Å². The van der Waals surface area contributed by atoms with Crippen LogP contribution in [0.4, 0.5) is 10.2 Å². The lowest BCUT2D eigenvalue weighted by atomic mass is 10.4. The van der Waals surface area contributed by atoms with Gasteiger partial charge < -0.3 is 9.84 Å². The second-order valence-electron chi connectivity index (χ2n) is 3.13. The van der Waals surface area contributed by atoms with Gasteiger partial charge in [0.15, 0.2) is 18.0 Å². The minimum absolute atomic E-state index is 0.187. The highest BCUT2D eigenvalue weighted by molar-refractivity contribution is 5.36. The maximum Gasteiger partial charge on any atom is 0.228 e. The van der Waals surface area contributed by atoms with Crippen molar-refractivity contribution in [1.82, 2.24) is 20.1 Å².